The molecule has 1 aromatic carbocycles. The Hall–Kier alpha value is -2.51. The number of hydrogen-bond acceptors (Lipinski definition) is 5. The molecular weight excluding hydrogens is 355 g/mol. The summed E-state index contributed by atoms with van der Waals surface area (Å²) in [7, 11) is 0. The molecule has 2 aliphatic rings. The first-order valence-electron chi connectivity index (χ1n) is 9.25. The summed E-state index contributed by atoms with van der Waals surface area (Å²) in [6, 6.07) is 7.57. The number of halogens is 3. The molecule has 2 aliphatic heterocycles. The van der Waals surface area contributed by atoms with Gasteiger partial charge in [0.2, 0.25) is 0 Å². The van der Waals surface area contributed by atoms with Crippen LogP contribution in [0.1, 0.15) is 18.4 Å². The first-order chi connectivity index (χ1) is 13.0. The maximum absolute atomic E-state index is 12.9. The minimum absolute atomic E-state index is 0.603. The number of piperazine rings is 1. The number of benzene rings is 1. The maximum atomic E-state index is 12.9. The van der Waals surface area contributed by atoms with Gasteiger partial charge in [0.25, 0.3) is 0 Å². The van der Waals surface area contributed by atoms with Gasteiger partial charge in [0.05, 0.1) is 5.56 Å². The van der Waals surface area contributed by atoms with Gasteiger partial charge in [-0.3, -0.25) is 0 Å². The van der Waals surface area contributed by atoms with Crippen molar-refractivity contribution in [2.75, 3.05) is 54.0 Å². The van der Waals surface area contributed by atoms with Gasteiger partial charge in [-0.2, -0.15) is 13.2 Å². The van der Waals surface area contributed by atoms with Crippen molar-refractivity contribution < 1.29 is 13.2 Å². The number of nitrogens with zero attached hydrogens (tertiary/aromatic N) is 5. The number of aromatic nitrogens is 2. The highest BCUT2D eigenvalue weighted by molar-refractivity contribution is 5.54. The molecule has 8 heteroatoms. The molecule has 5 nitrogen and oxygen atoms in total. The highest BCUT2D eigenvalue weighted by atomic mass is 19.4. The summed E-state index contributed by atoms with van der Waals surface area (Å²) < 4.78 is 38.8. The third-order valence-electron chi connectivity index (χ3n) is 5.21. The Bertz CT molecular complexity index is 781. The fourth-order valence-corrected chi connectivity index (χ4v) is 3.70. The molecule has 27 heavy (non-hydrogen) atoms. The lowest BCUT2D eigenvalue weighted by Crippen LogP contribution is -2.47. The molecule has 2 aromatic rings. The summed E-state index contributed by atoms with van der Waals surface area (Å²) in [5, 5.41) is 0. The normalized spacial score (nSPS) is 18.3. The summed E-state index contributed by atoms with van der Waals surface area (Å²) in [5.74, 6) is 1.84. The van der Waals surface area contributed by atoms with Crippen LogP contribution < -0.4 is 14.7 Å². The van der Waals surface area contributed by atoms with Crippen LogP contribution >= 0.6 is 0 Å². The molecule has 2 saturated heterocycles. The molecule has 3 heterocycles. The predicted octanol–water partition coefficient (Wildman–Crippen LogP) is 3.42. The van der Waals surface area contributed by atoms with E-state index < -0.39 is 11.7 Å². The Kier molecular flexibility index (Phi) is 4.80. The molecule has 0 saturated carbocycles. The lowest BCUT2D eigenvalue weighted by Gasteiger charge is -2.37. The zero-order valence-electron chi connectivity index (χ0n) is 15.0. The Balaban J connectivity index is 1.43. The van der Waals surface area contributed by atoms with Gasteiger partial charge < -0.3 is 14.7 Å². The third kappa shape index (κ3) is 3.94. The van der Waals surface area contributed by atoms with Crippen LogP contribution in [0.25, 0.3) is 0 Å². The molecule has 0 atom stereocenters. The Morgan fingerprint density at radius 3 is 1.96 bits per heavy atom. The molecule has 144 valence electrons. The van der Waals surface area contributed by atoms with Crippen molar-refractivity contribution >= 4 is 17.3 Å². The summed E-state index contributed by atoms with van der Waals surface area (Å²) in [6.45, 7) is 4.80. The van der Waals surface area contributed by atoms with Crippen molar-refractivity contribution in [3.63, 3.8) is 0 Å². The number of hydrogen-bond donors (Lipinski definition) is 0. The van der Waals surface area contributed by atoms with Gasteiger partial charge in [-0.25, -0.2) is 9.97 Å². The molecule has 0 amide bonds. The summed E-state index contributed by atoms with van der Waals surface area (Å²) >= 11 is 0. The standard InChI is InChI=1S/C19H22F3N5/c20-19(21,22)15-4-3-5-16(12-15)25-8-10-27(11-9-25)18-13-17(23-14-24-18)26-6-1-2-7-26/h3-5,12-14H,1-2,6-11H2. The van der Waals surface area contributed by atoms with Crippen molar-refractivity contribution in [1.29, 1.82) is 0 Å². The van der Waals surface area contributed by atoms with E-state index >= 15 is 0 Å². The Labute approximate surface area is 156 Å². The molecule has 4 rings (SSSR count). The fourth-order valence-electron chi connectivity index (χ4n) is 3.70. The van der Waals surface area contributed by atoms with Gasteiger partial charge in [0.1, 0.15) is 18.0 Å². The monoisotopic (exact) mass is 377 g/mol. The highest BCUT2D eigenvalue weighted by Gasteiger charge is 2.31. The van der Waals surface area contributed by atoms with Crippen molar-refractivity contribution in [2.24, 2.45) is 0 Å². The predicted molar refractivity (Wildman–Crippen MR) is 99.3 cm³/mol. The molecule has 0 aliphatic carbocycles. The zero-order chi connectivity index (χ0) is 18.9. The second-order valence-corrected chi connectivity index (χ2v) is 6.95. The highest BCUT2D eigenvalue weighted by Crippen LogP contribution is 2.32. The van der Waals surface area contributed by atoms with Gasteiger partial charge in [-0.1, -0.05) is 6.07 Å². The van der Waals surface area contributed by atoms with E-state index in [0.29, 0.717) is 31.9 Å². The minimum Gasteiger partial charge on any atom is -0.368 e. The van der Waals surface area contributed by atoms with Crippen LogP contribution in [-0.4, -0.2) is 49.2 Å². The van der Waals surface area contributed by atoms with E-state index in [9.17, 15) is 13.2 Å². The lowest BCUT2D eigenvalue weighted by atomic mass is 10.1. The average Bonchev–Trinajstić information content (AvgIpc) is 3.23. The quantitative estimate of drug-likeness (QED) is 0.819. The maximum Gasteiger partial charge on any atom is 0.416 e. The van der Waals surface area contributed by atoms with Crippen LogP contribution in [0.2, 0.25) is 0 Å². The van der Waals surface area contributed by atoms with Crippen LogP contribution in [0.5, 0.6) is 0 Å². The van der Waals surface area contributed by atoms with Gasteiger partial charge in [0, 0.05) is 51.0 Å². The van der Waals surface area contributed by atoms with Crippen LogP contribution in [0.15, 0.2) is 36.7 Å². The third-order valence-corrected chi connectivity index (χ3v) is 5.21. The summed E-state index contributed by atoms with van der Waals surface area (Å²) in [6.07, 6.45) is -0.336. The largest absolute Gasteiger partial charge is 0.416 e. The molecular formula is C19H22F3N5. The van der Waals surface area contributed by atoms with Crippen LogP contribution in [0.3, 0.4) is 0 Å². The molecule has 1 aromatic heterocycles. The van der Waals surface area contributed by atoms with Crippen molar-refractivity contribution in [2.45, 2.75) is 19.0 Å². The van der Waals surface area contributed by atoms with E-state index in [1.807, 2.05) is 11.0 Å². The van der Waals surface area contributed by atoms with E-state index in [-0.39, 0.29) is 0 Å². The molecule has 0 N–H and O–H groups in total. The number of rotatable bonds is 3. The lowest BCUT2D eigenvalue weighted by molar-refractivity contribution is -0.137. The summed E-state index contributed by atoms with van der Waals surface area (Å²) in [4.78, 5) is 15.2. The molecule has 2 fully saturated rings. The van der Waals surface area contributed by atoms with E-state index in [4.69, 9.17) is 0 Å². The van der Waals surface area contributed by atoms with E-state index in [0.717, 1.165) is 30.8 Å². The number of alkyl halides is 3. The first kappa shape index (κ1) is 17.9. The first-order valence-corrected chi connectivity index (χ1v) is 9.25. The van der Waals surface area contributed by atoms with Crippen LogP contribution in [0, 0.1) is 0 Å². The van der Waals surface area contributed by atoms with Gasteiger partial charge in [-0.05, 0) is 31.0 Å². The fraction of sp³-hybridized carbons (Fsp3) is 0.474. The SMILES string of the molecule is FC(F)(F)c1cccc(N2CCN(c3cc(N4CCCC4)ncn3)CC2)c1. The smallest absolute Gasteiger partial charge is 0.368 e. The van der Waals surface area contributed by atoms with Crippen LogP contribution in [-0.2, 0) is 6.18 Å². The molecule has 0 unspecified atom stereocenters. The van der Waals surface area contributed by atoms with Gasteiger partial charge in [0.15, 0.2) is 0 Å². The molecule has 0 radical (unpaired) electrons. The average molecular weight is 377 g/mol. The van der Waals surface area contributed by atoms with Crippen LogP contribution in [0.4, 0.5) is 30.5 Å². The van der Waals surface area contributed by atoms with Gasteiger partial charge in [-0.15, -0.1) is 0 Å². The zero-order valence-corrected chi connectivity index (χ0v) is 15.0. The van der Waals surface area contributed by atoms with Gasteiger partial charge >= 0.3 is 6.18 Å². The minimum atomic E-state index is -4.31. The Morgan fingerprint density at radius 1 is 0.741 bits per heavy atom. The molecule has 0 spiro atoms. The summed E-state index contributed by atoms with van der Waals surface area (Å²) in [5.41, 5.74) is 0.0124. The Morgan fingerprint density at radius 2 is 1.33 bits per heavy atom. The topological polar surface area (TPSA) is 35.5 Å². The van der Waals surface area contributed by atoms with E-state index in [2.05, 4.69) is 19.8 Å². The second-order valence-electron chi connectivity index (χ2n) is 6.95. The number of anilines is 3. The van der Waals surface area contributed by atoms with E-state index in [1.54, 1.807) is 12.4 Å². The van der Waals surface area contributed by atoms with E-state index in [1.165, 1.54) is 25.0 Å². The molecule has 0 bridgehead atoms. The van der Waals surface area contributed by atoms with Crippen molar-refractivity contribution in [3.05, 3.63) is 42.2 Å². The van der Waals surface area contributed by atoms with Crippen molar-refractivity contribution in [3.8, 4) is 0 Å². The second kappa shape index (κ2) is 7.25. The van der Waals surface area contributed by atoms with Crippen molar-refractivity contribution in [1.82, 2.24) is 9.97 Å².